The maximum absolute atomic E-state index is 13.0. The highest BCUT2D eigenvalue weighted by molar-refractivity contribution is 7.90. The number of carbonyl (C=O) groups is 1. The fraction of sp³-hybridized carbons (Fsp3) is 0.318. The summed E-state index contributed by atoms with van der Waals surface area (Å²) in [6.45, 7) is 6.28. The Morgan fingerprint density at radius 1 is 1.12 bits per heavy atom. The lowest BCUT2D eigenvalue weighted by molar-refractivity contribution is 0.0975. The quantitative estimate of drug-likeness (QED) is 0.579. The predicted molar refractivity (Wildman–Crippen MR) is 118 cm³/mol. The third kappa shape index (κ3) is 5.08. The van der Waals surface area contributed by atoms with E-state index >= 15 is 0 Å². The van der Waals surface area contributed by atoms with Crippen LogP contribution in [0.3, 0.4) is 0 Å². The average Bonchev–Trinajstić information content (AvgIpc) is 3.25. The number of methoxy groups -OCH3 is 2. The molecule has 0 saturated heterocycles. The number of nitrogens with one attached hydrogen (secondary N) is 1. The minimum absolute atomic E-state index is 0.0967. The number of ether oxygens (including phenoxy) is 2. The summed E-state index contributed by atoms with van der Waals surface area (Å²) in [6, 6.07) is 9.76. The van der Waals surface area contributed by atoms with Crippen LogP contribution in [0.4, 0.5) is 0 Å². The molecule has 10 heteroatoms. The number of aromatic nitrogens is 3. The van der Waals surface area contributed by atoms with Crippen molar-refractivity contribution in [1.82, 2.24) is 19.5 Å². The number of benzene rings is 1. The minimum Gasteiger partial charge on any atom is -0.495 e. The van der Waals surface area contributed by atoms with Crippen LogP contribution in [0, 0.1) is 0 Å². The summed E-state index contributed by atoms with van der Waals surface area (Å²) in [5.41, 5.74) is 1.09. The van der Waals surface area contributed by atoms with Gasteiger partial charge in [-0.3, -0.25) is 9.48 Å². The molecule has 0 saturated carbocycles. The Hall–Kier alpha value is -3.40. The molecule has 1 aromatic carbocycles. The Balaban J connectivity index is 1.89. The average molecular weight is 459 g/mol. The van der Waals surface area contributed by atoms with E-state index in [0.29, 0.717) is 12.1 Å². The molecule has 0 aliphatic carbocycles. The number of carbonyl (C=O) groups excluding carboxylic acids is 1. The molecule has 2 aromatic heterocycles. The summed E-state index contributed by atoms with van der Waals surface area (Å²) in [6.07, 6.45) is 3.43. The molecule has 3 rings (SSSR count). The van der Waals surface area contributed by atoms with Gasteiger partial charge in [-0.25, -0.2) is 18.1 Å². The first-order valence-corrected chi connectivity index (χ1v) is 11.3. The van der Waals surface area contributed by atoms with E-state index in [4.69, 9.17) is 9.47 Å². The molecule has 9 nitrogen and oxygen atoms in total. The van der Waals surface area contributed by atoms with E-state index in [2.05, 4.69) is 14.8 Å². The molecule has 0 unspecified atom stereocenters. The Morgan fingerprint density at radius 2 is 1.88 bits per heavy atom. The highest BCUT2D eigenvalue weighted by Gasteiger charge is 2.26. The van der Waals surface area contributed by atoms with Crippen molar-refractivity contribution in [3.63, 3.8) is 0 Å². The van der Waals surface area contributed by atoms with Crippen LogP contribution in [0.2, 0.25) is 0 Å². The van der Waals surface area contributed by atoms with Crippen molar-refractivity contribution in [3.8, 4) is 11.6 Å². The highest BCUT2D eigenvalue weighted by Crippen LogP contribution is 2.30. The molecule has 1 amide bonds. The van der Waals surface area contributed by atoms with Crippen molar-refractivity contribution >= 4 is 15.9 Å². The van der Waals surface area contributed by atoms with Crippen molar-refractivity contribution in [3.05, 3.63) is 65.6 Å². The Kier molecular flexibility index (Phi) is 6.54. The molecular weight excluding hydrogens is 432 g/mol. The second-order valence-electron chi connectivity index (χ2n) is 8.12. The van der Waals surface area contributed by atoms with E-state index in [9.17, 15) is 13.2 Å². The largest absolute Gasteiger partial charge is 0.495 e. The van der Waals surface area contributed by atoms with Gasteiger partial charge in [-0.05, 0) is 41.3 Å². The molecule has 170 valence electrons. The van der Waals surface area contributed by atoms with E-state index in [-0.39, 0.29) is 27.6 Å². The van der Waals surface area contributed by atoms with Crippen LogP contribution < -0.4 is 14.2 Å². The minimum atomic E-state index is -4.22. The van der Waals surface area contributed by atoms with E-state index in [1.807, 2.05) is 20.8 Å². The van der Waals surface area contributed by atoms with Gasteiger partial charge in [-0.15, -0.1) is 0 Å². The Labute approximate surface area is 187 Å². The fourth-order valence-corrected chi connectivity index (χ4v) is 4.20. The molecule has 0 atom stereocenters. The van der Waals surface area contributed by atoms with Gasteiger partial charge in [-0.2, -0.15) is 5.10 Å². The summed E-state index contributed by atoms with van der Waals surface area (Å²) in [4.78, 5) is 16.8. The van der Waals surface area contributed by atoms with E-state index in [1.54, 1.807) is 41.3 Å². The topological polar surface area (TPSA) is 112 Å². The van der Waals surface area contributed by atoms with Crippen LogP contribution in [0.25, 0.3) is 0 Å². The lowest BCUT2D eigenvalue weighted by Gasteiger charge is -2.21. The Bertz CT molecular complexity index is 1220. The monoisotopic (exact) mass is 458 g/mol. The van der Waals surface area contributed by atoms with Crippen molar-refractivity contribution in [2.75, 3.05) is 14.2 Å². The third-order valence-corrected chi connectivity index (χ3v) is 6.16. The number of nitrogens with zero attached hydrogens (tertiary/aromatic N) is 3. The van der Waals surface area contributed by atoms with Gasteiger partial charge in [0, 0.05) is 18.0 Å². The summed E-state index contributed by atoms with van der Waals surface area (Å²) in [7, 11) is -1.42. The molecule has 32 heavy (non-hydrogen) atoms. The SMILES string of the molecule is COc1ccc(C(C)(C)C)cc1S(=O)(=O)NC(=O)c1ccc(Cn2cccn2)c(OC)n1. The second kappa shape index (κ2) is 8.99. The standard InChI is InChI=1S/C22H26N4O5S/c1-22(2,3)16-8-10-18(30-4)19(13-16)32(28,29)25-20(27)17-9-7-15(21(24-17)31-5)14-26-12-6-11-23-26/h6-13H,14H2,1-5H3,(H,25,27). The lowest BCUT2D eigenvalue weighted by atomic mass is 9.87. The van der Waals surface area contributed by atoms with Crippen molar-refractivity contribution < 1.29 is 22.7 Å². The van der Waals surface area contributed by atoms with Crippen molar-refractivity contribution in [1.29, 1.82) is 0 Å². The summed E-state index contributed by atoms with van der Waals surface area (Å²) in [5.74, 6) is -0.534. The van der Waals surface area contributed by atoms with Gasteiger partial charge in [0.2, 0.25) is 5.88 Å². The number of hydrogen-bond acceptors (Lipinski definition) is 7. The summed E-state index contributed by atoms with van der Waals surface area (Å²) in [5, 5.41) is 4.13. The smallest absolute Gasteiger partial charge is 0.283 e. The molecule has 0 aliphatic heterocycles. The van der Waals surface area contributed by atoms with Gasteiger partial charge in [-0.1, -0.05) is 26.8 Å². The predicted octanol–water partition coefficient (Wildman–Crippen LogP) is 2.76. The normalized spacial score (nSPS) is 11.8. The van der Waals surface area contributed by atoms with Gasteiger partial charge in [0.15, 0.2) is 0 Å². The molecule has 0 aliphatic rings. The number of amides is 1. The van der Waals surface area contributed by atoms with Crippen LogP contribution in [0.15, 0.2) is 53.7 Å². The fourth-order valence-electron chi connectivity index (χ4n) is 3.04. The first-order valence-electron chi connectivity index (χ1n) is 9.82. The second-order valence-corrected chi connectivity index (χ2v) is 9.77. The maximum Gasteiger partial charge on any atom is 0.283 e. The van der Waals surface area contributed by atoms with Gasteiger partial charge in [0.1, 0.15) is 16.3 Å². The van der Waals surface area contributed by atoms with Gasteiger partial charge in [0.25, 0.3) is 15.9 Å². The van der Waals surface area contributed by atoms with Crippen molar-refractivity contribution in [2.45, 2.75) is 37.6 Å². The molecule has 2 heterocycles. The summed E-state index contributed by atoms with van der Waals surface area (Å²) >= 11 is 0. The highest BCUT2D eigenvalue weighted by atomic mass is 32.2. The lowest BCUT2D eigenvalue weighted by Crippen LogP contribution is -2.32. The van der Waals surface area contributed by atoms with Crippen LogP contribution in [-0.2, 0) is 22.0 Å². The molecule has 1 N–H and O–H groups in total. The number of rotatable bonds is 7. The van der Waals surface area contributed by atoms with E-state index in [0.717, 1.165) is 5.56 Å². The van der Waals surface area contributed by atoms with Gasteiger partial charge >= 0.3 is 0 Å². The molecular formula is C22H26N4O5S. The molecule has 0 radical (unpaired) electrons. The molecule has 0 spiro atoms. The van der Waals surface area contributed by atoms with Crippen molar-refractivity contribution in [2.24, 2.45) is 0 Å². The zero-order chi connectivity index (χ0) is 23.5. The number of sulfonamides is 1. The van der Waals surface area contributed by atoms with Gasteiger partial charge in [0.05, 0.1) is 20.8 Å². The summed E-state index contributed by atoms with van der Waals surface area (Å²) < 4.78 is 40.3. The molecule has 0 bridgehead atoms. The van der Waals surface area contributed by atoms with Crippen LogP contribution in [0.5, 0.6) is 11.6 Å². The molecule has 0 fully saturated rings. The molecule has 3 aromatic rings. The van der Waals surface area contributed by atoms with E-state index < -0.39 is 15.9 Å². The zero-order valence-electron chi connectivity index (χ0n) is 18.6. The number of hydrogen-bond donors (Lipinski definition) is 1. The number of pyridine rings is 1. The van der Waals surface area contributed by atoms with Gasteiger partial charge < -0.3 is 9.47 Å². The zero-order valence-corrected chi connectivity index (χ0v) is 19.4. The van der Waals surface area contributed by atoms with Crippen LogP contribution >= 0.6 is 0 Å². The third-order valence-electron chi connectivity index (χ3n) is 4.80. The Morgan fingerprint density at radius 3 is 2.47 bits per heavy atom. The first kappa shape index (κ1) is 23.3. The van der Waals surface area contributed by atoms with E-state index in [1.165, 1.54) is 26.4 Å². The maximum atomic E-state index is 13.0. The van der Waals surface area contributed by atoms with Crippen LogP contribution in [-0.4, -0.2) is 43.3 Å². The first-order chi connectivity index (χ1) is 15.0. The van der Waals surface area contributed by atoms with Crippen LogP contribution in [0.1, 0.15) is 42.4 Å².